The van der Waals surface area contributed by atoms with Crippen LogP contribution in [-0.2, 0) is 11.3 Å². The van der Waals surface area contributed by atoms with E-state index >= 15 is 0 Å². The average Bonchev–Trinajstić information content (AvgIpc) is 3.16. The molecule has 140 valence electrons. The Morgan fingerprint density at radius 2 is 2.19 bits per heavy atom. The summed E-state index contributed by atoms with van der Waals surface area (Å²) in [6.45, 7) is 3.22. The number of hydrogen-bond donors (Lipinski definition) is 1. The molecule has 2 aromatic heterocycles. The second-order valence-corrected chi connectivity index (χ2v) is 5.84. The predicted molar refractivity (Wildman–Crippen MR) is 100 cm³/mol. The molecule has 3 rings (SSSR count). The van der Waals surface area contributed by atoms with E-state index in [1.165, 1.54) is 0 Å². The van der Waals surface area contributed by atoms with Crippen LogP contribution in [0.4, 0.5) is 5.69 Å². The number of benzene rings is 1. The molecule has 8 nitrogen and oxygen atoms in total. The van der Waals surface area contributed by atoms with Gasteiger partial charge in [-0.3, -0.25) is 14.7 Å². The molecule has 1 N–H and O–H groups in total. The van der Waals surface area contributed by atoms with Gasteiger partial charge in [-0.25, -0.2) is 0 Å². The molecule has 27 heavy (non-hydrogen) atoms. The SMILES string of the molecule is CCN(CC(=O)Nc1cccc(OC)c1)Cc1nc(-c2cccnc2)no1. The maximum Gasteiger partial charge on any atom is 0.241 e. The third-order valence-corrected chi connectivity index (χ3v) is 3.91. The van der Waals surface area contributed by atoms with E-state index in [1.807, 2.05) is 42.2 Å². The number of pyridine rings is 1. The number of amides is 1. The highest BCUT2D eigenvalue weighted by Gasteiger charge is 2.15. The molecule has 0 aliphatic heterocycles. The van der Waals surface area contributed by atoms with Crippen molar-refractivity contribution in [3.63, 3.8) is 0 Å². The Morgan fingerprint density at radius 1 is 1.30 bits per heavy atom. The van der Waals surface area contributed by atoms with Crippen LogP contribution >= 0.6 is 0 Å². The molecule has 0 bridgehead atoms. The molecule has 0 radical (unpaired) electrons. The van der Waals surface area contributed by atoms with Crippen molar-refractivity contribution >= 4 is 11.6 Å². The summed E-state index contributed by atoms with van der Waals surface area (Å²) in [6.07, 6.45) is 3.36. The number of likely N-dealkylation sites (N-methyl/N-ethyl adjacent to an activating group) is 1. The summed E-state index contributed by atoms with van der Waals surface area (Å²) < 4.78 is 10.5. The summed E-state index contributed by atoms with van der Waals surface area (Å²) in [7, 11) is 1.59. The molecule has 0 aliphatic carbocycles. The number of ether oxygens (including phenoxy) is 1. The van der Waals surface area contributed by atoms with Crippen molar-refractivity contribution in [2.24, 2.45) is 0 Å². The smallest absolute Gasteiger partial charge is 0.241 e. The van der Waals surface area contributed by atoms with Crippen molar-refractivity contribution in [3.8, 4) is 17.1 Å². The van der Waals surface area contributed by atoms with Crippen LogP contribution in [0.2, 0.25) is 0 Å². The minimum absolute atomic E-state index is 0.128. The van der Waals surface area contributed by atoms with E-state index in [4.69, 9.17) is 9.26 Å². The highest BCUT2D eigenvalue weighted by molar-refractivity contribution is 5.92. The molecule has 8 heteroatoms. The zero-order chi connectivity index (χ0) is 19.1. The van der Waals surface area contributed by atoms with E-state index in [0.717, 1.165) is 5.56 Å². The Kier molecular flexibility index (Phi) is 6.11. The van der Waals surface area contributed by atoms with Crippen molar-refractivity contribution in [3.05, 3.63) is 54.7 Å². The van der Waals surface area contributed by atoms with Gasteiger partial charge in [-0.1, -0.05) is 18.1 Å². The normalized spacial score (nSPS) is 10.8. The van der Waals surface area contributed by atoms with Crippen LogP contribution in [-0.4, -0.2) is 46.1 Å². The number of hydrogen-bond acceptors (Lipinski definition) is 7. The average molecular weight is 367 g/mol. The number of nitrogens with one attached hydrogen (secondary N) is 1. The fraction of sp³-hybridized carbons (Fsp3) is 0.263. The Hall–Kier alpha value is -3.26. The van der Waals surface area contributed by atoms with E-state index in [1.54, 1.807) is 25.6 Å². The van der Waals surface area contributed by atoms with Crippen molar-refractivity contribution in [2.45, 2.75) is 13.5 Å². The molecule has 2 heterocycles. The number of carbonyl (C=O) groups excluding carboxylic acids is 1. The first kappa shape index (κ1) is 18.5. The van der Waals surface area contributed by atoms with E-state index in [2.05, 4.69) is 20.4 Å². The second-order valence-electron chi connectivity index (χ2n) is 5.84. The van der Waals surface area contributed by atoms with Gasteiger partial charge in [-0.15, -0.1) is 0 Å². The summed E-state index contributed by atoms with van der Waals surface area (Å²) >= 11 is 0. The molecule has 0 aliphatic rings. The van der Waals surface area contributed by atoms with E-state index in [-0.39, 0.29) is 12.5 Å². The lowest BCUT2D eigenvalue weighted by Gasteiger charge is -2.17. The van der Waals surface area contributed by atoms with Gasteiger partial charge < -0.3 is 14.6 Å². The molecular formula is C19H21N5O3. The minimum atomic E-state index is -0.128. The van der Waals surface area contributed by atoms with Gasteiger partial charge in [0.2, 0.25) is 17.6 Å². The molecule has 0 atom stereocenters. The highest BCUT2D eigenvalue weighted by Crippen LogP contribution is 2.17. The number of anilines is 1. The summed E-state index contributed by atoms with van der Waals surface area (Å²) in [5.74, 6) is 1.49. The zero-order valence-corrected chi connectivity index (χ0v) is 15.3. The molecule has 3 aromatic rings. The number of rotatable bonds is 8. The Balaban J connectivity index is 1.59. The molecular weight excluding hydrogens is 346 g/mol. The molecule has 0 unspecified atom stereocenters. The lowest BCUT2D eigenvalue weighted by atomic mass is 10.3. The number of carbonyl (C=O) groups is 1. The fourth-order valence-electron chi connectivity index (χ4n) is 2.51. The van der Waals surface area contributed by atoms with E-state index in [0.29, 0.717) is 36.2 Å². The van der Waals surface area contributed by atoms with Gasteiger partial charge in [0.05, 0.1) is 20.2 Å². The van der Waals surface area contributed by atoms with Crippen molar-refractivity contribution in [1.29, 1.82) is 0 Å². The zero-order valence-electron chi connectivity index (χ0n) is 15.3. The first-order chi connectivity index (χ1) is 13.2. The number of aromatic nitrogens is 3. The van der Waals surface area contributed by atoms with Crippen LogP contribution in [0.25, 0.3) is 11.4 Å². The molecule has 1 amide bonds. The first-order valence-corrected chi connectivity index (χ1v) is 8.57. The van der Waals surface area contributed by atoms with Gasteiger partial charge in [0.25, 0.3) is 0 Å². The molecule has 0 saturated heterocycles. The minimum Gasteiger partial charge on any atom is -0.497 e. The standard InChI is InChI=1S/C19H21N5O3/c1-3-24(12-17(25)21-15-7-4-8-16(10-15)26-2)13-18-22-19(23-27-18)14-6-5-9-20-11-14/h4-11H,3,12-13H2,1-2H3,(H,21,25). The largest absolute Gasteiger partial charge is 0.497 e. The van der Waals surface area contributed by atoms with Gasteiger partial charge in [0.1, 0.15) is 5.75 Å². The summed E-state index contributed by atoms with van der Waals surface area (Å²) in [5, 5.41) is 6.84. The van der Waals surface area contributed by atoms with Crippen LogP contribution in [0, 0.1) is 0 Å². The monoisotopic (exact) mass is 367 g/mol. The Bertz CT molecular complexity index is 882. The van der Waals surface area contributed by atoms with Gasteiger partial charge in [-0.2, -0.15) is 4.98 Å². The van der Waals surface area contributed by atoms with Crippen LogP contribution in [0.15, 0.2) is 53.3 Å². The number of nitrogens with zero attached hydrogens (tertiary/aromatic N) is 4. The lowest BCUT2D eigenvalue weighted by molar-refractivity contribution is -0.117. The fourth-order valence-corrected chi connectivity index (χ4v) is 2.51. The summed E-state index contributed by atoms with van der Waals surface area (Å²) in [5.41, 5.74) is 1.47. The first-order valence-electron chi connectivity index (χ1n) is 8.57. The van der Waals surface area contributed by atoms with E-state index < -0.39 is 0 Å². The molecule has 0 saturated carbocycles. The third kappa shape index (κ3) is 5.11. The van der Waals surface area contributed by atoms with Gasteiger partial charge in [0.15, 0.2) is 0 Å². The lowest BCUT2D eigenvalue weighted by Crippen LogP contribution is -2.32. The van der Waals surface area contributed by atoms with Gasteiger partial charge in [0, 0.05) is 29.7 Å². The maximum atomic E-state index is 12.3. The molecule has 1 aromatic carbocycles. The van der Waals surface area contributed by atoms with Crippen LogP contribution in [0.5, 0.6) is 5.75 Å². The predicted octanol–water partition coefficient (Wildman–Crippen LogP) is 2.60. The quantitative estimate of drug-likeness (QED) is 0.654. The van der Waals surface area contributed by atoms with Crippen molar-refractivity contribution in [2.75, 3.05) is 25.5 Å². The van der Waals surface area contributed by atoms with Crippen LogP contribution < -0.4 is 10.1 Å². The maximum absolute atomic E-state index is 12.3. The van der Waals surface area contributed by atoms with Gasteiger partial charge >= 0.3 is 0 Å². The summed E-state index contributed by atoms with van der Waals surface area (Å²) in [4.78, 5) is 22.7. The number of methoxy groups -OCH3 is 1. The second kappa shape index (κ2) is 8.91. The summed E-state index contributed by atoms with van der Waals surface area (Å²) in [6, 6.07) is 10.9. The molecule has 0 fully saturated rings. The van der Waals surface area contributed by atoms with Gasteiger partial charge in [-0.05, 0) is 30.8 Å². The van der Waals surface area contributed by atoms with Crippen molar-refractivity contribution < 1.29 is 14.1 Å². The molecule has 0 spiro atoms. The van der Waals surface area contributed by atoms with Crippen molar-refractivity contribution in [1.82, 2.24) is 20.0 Å². The third-order valence-electron chi connectivity index (χ3n) is 3.91. The Labute approximate surface area is 157 Å². The van der Waals surface area contributed by atoms with Crippen LogP contribution in [0.1, 0.15) is 12.8 Å². The van der Waals surface area contributed by atoms with Crippen LogP contribution in [0.3, 0.4) is 0 Å². The van der Waals surface area contributed by atoms with E-state index in [9.17, 15) is 4.79 Å². The topological polar surface area (TPSA) is 93.4 Å². The Morgan fingerprint density at radius 3 is 2.93 bits per heavy atom. The highest BCUT2D eigenvalue weighted by atomic mass is 16.5.